The lowest BCUT2D eigenvalue weighted by molar-refractivity contribution is 0.0950. The summed E-state index contributed by atoms with van der Waals surface area (Å²) in [5.74, 6) is -0.740. The molecule has 0 aliphatic heterocycles. The van der Waals surface area contributed by atoms with Gasteiger partial charge >= 0.3 is 0 Å². The Bertz CT molecular complexity index is 890. The summed E-state index contributed by atoms with van der Waals surface area (Å²) in [6.45, 7) is 0. The van der Waals surface area contributed by atoms with E-state index in [4.69, 9.17) is 0 Å². The highest BCUT2D eigenvalue weighted by Crippen LogP contribution is 2.18. The van der Waals surface area contributed by atoms with E-state index in [2.05, 4.69) is 36.7 Å². The maximum atomic E-state index is 12.9. The lowest BCUT2D eigenvalue weighted by atomic mass is 10.1. The molecule has 0 aliphatic carbocycles. The molecular weight excluding hydrogens is 375 g/mol. The number of rotatable bonds is 4. The van der Waals surface area contributed by atoms with Crippen LogP contribution in [-0.2, 0) is 0 Å². The van der Waals surface area contributed by atoms with Crippen molar-refractivity contribution >= 4 is 28.1 Å². The Morgan fingerprint density at radius 1 is 1.21 bits per heavy atom. The number of H-pyrrole nitrogens is 1. The van der Waals surface area contributed by atoms with Crippen molar-refractivity contribution in [2.75, 3.05) is 0 Å². The second kappa shape index (κ2) is 7.18. The molecule has 0 aliphatic rings. The standard InChI is InChI=1S/C17H12BrFN4O/c18-13-3-1-2-11(8-13)10-20-23-17(24)16-9-15(21-22-16)12-4-6-14(19)7-5-12/h1-10H,(H,21,22)(H,23,24)/b20-10-. The Kier molecular flexibility index (Phi) is 4.81. The van der Waals surface area contributed by atoms with Gasteiger partial charge in [0.25, 0.3) is 5.91 Å². The summed E-state index contributed by atoms with van der Waals surface area (Å²) in [7, 11) is 0. The number of amides is 1. The van der Waals surface area contributed by atoms with E-state index in [0.717, 1.165) is 10.0 Å². The molecule has 3 aromatic rings. The van der Waals surface area contributed by atoms with Crippen LogP contribution in [0.5, 0.6) is 0 Å². The summed E-state index contributed by atoms with van der Waals surface area (Å²) < 4.78 is 13.9. The van der Waals surface area contributed by atoms with Crippen LogP contribution in [0.3, 0.4) is 0 Å². The molecule has 24 heavy (non-hydrogen) atoms. The van der Waals surface area contributed by atoms with Gasteiger partial charge in [-0.05, 0) is 48.0 Å². The molecule has 3 rings (SSSR count). The van der Waals surface area contributed by atoms with Gasteiger partial charge in [-0.2, -0.15) is 10.2 Å². The maximum absolute atomic E-state index is 12.9. The van der Waals surface area contributed by atoms with Gasteiger partial charge in [-0.3, -0.25) is 9.89 Å². The van der Waals surface area contributed by atoms with Gasteiger partial charge in [0.15, 0.2) is 0 Å². The van der Waals surface area contributed by atoms with E-state index in [-0.39, 0.29) is 11.5 Å². The lowest BCUT2D eigenvalue weighted by Crippen LogP contribution is -2.17. The van der Waals surface area contributed by atoms with Gasteiger partial charge < -0.3 is 0 Å². The average Bonchev–Trinajstić information content (AvgIpc) is 3.05. The normalized spacial score (nSPS) is 10.9. The van der Waals surface area contributed by atoms with Crippen molar-refractivity contribution in [3.8, 4) is 11.3 Å². The number of carbonyl (C=O) groups excluding carboxylic acids is 1. The van der Waals surface area contributed by atoms with Crippen molar-refractivity contribution in [2.45, 2.75) is 0 Å². The molecule has 1 amide bonds. The molecule has 0 radical (unpaired) electrons. The number of benzene rings is 2. The first-order valence-electron chi connectivity index (χ1n) is 7.02. The Hall–Kier alpha value is -2.80. The molecule has 2 aromatic carbocycles. The largest absolute Gasteiger partial charge is 0.289 e. The molecule has 0 fully saturated rings. The van der Waals surface area contributed by atoms with Crippen LogP contribution in [0.1, 0.15) is 16.1 Å². The number of carbonyl (C=O) groups is 1. The molecular formula is C17H12BrFN4O. The number of hydrazone groups is 1. The summed E-state index contributed by atoms with van der Waals surface area (Å²) in [4.78, 5) is 12.0. The van der Waals surface area contributed by atoms with E-state index in [1.165, 1.54) is 12.1 Å². The third kappa shape index (κ3) is 3.94. The number of hydrogen-bond acceptors (Lipinski definition) is 3. The third-order valence-corrected chi connectivity index (χ3v) is 3.68. The van der Waals surface area contributed by atoms with Gasteiger partial charge in [-0.15, -0.1) is 0 Å². The van der Waals surface area contributed by atoms with E-state index in [1.807, 2.05) is 24.3 Å². The van der Waals surface area contributed by atoms with Gasteiger partial charge in [-0.1, -0.05) is 28.1 Å². The summed E-state index contributed by atoms with van der Waals surface area (Å²) in [6, 6.07) is 15.0. The zero-order valence-electron chi connectivity index (χ0n) is 12.3. The van der Waals surface area contributed by atoms with Crippen LogP contribution in [0.25, 0.3) is 11.3 Å². The monoisotopic (exact) mass is 386 g/mol. The van der Waals surface area contributed by atoms with E-state index in [1.54, 1.807) is 24.4 Å². The van der Waals surface area contributed by atoms with Gasteiger partial charge in [0.05, 0.1) is 11.9 Å². The first kappa shape index (κ1) is 16.1. The highest BCUT2D eigenvalue weighted by atomic mass is 79.9. The van der Waals surface area contributed by atoms with Crippen LogP contribution in [0, 0.1) is 5.82 Å². The van der Waals surface area contributed by atoms with Crippen LogP contribution < -0.4 is 5.43 Å². The highest BCUT2D eigenvalue weighted by molar-refractivity contribution is 9.10. The molecule has 0 unspecified atom stereocenters. The number of nitrogens with zero attached hydrogens (tertiary/aromatic N) is 2. The maximum Gasteiger partial charge on any atom is 0.289 e. The number of aromatic nitrogens is 2. The van der Waals surface area contributed by atoms with Crippen molar-refractivity contribution in [3.63, 3.8) is 0 Å². The minimum absolute atomic E-state index is 0.265. The van der Waals surface area contributed by atoms with Crippen LogP contribution >= 0.6 is 15.9 Å². The fourth-order valence-electron chi connectivity index (χ4n) is 2.02. The Morgan fingerprint density at radius 3 is 2.75 bits per heavy atom. The van der Waals surface area contributed by atoms with E-state index < -0.39 is 5.91 Å². The Balaban J connectivity index is 1.66. The van der Waals surface area contributed by atoms with Crippen molar-refractivity contribution in [1.82, 2.24) is 15.6 Å². The van der Waals surface area contributed by atoms with Gasteiger partial charge in [-0.25, -0.2) is 9.82 Å². The minimum Gasteiger partial charge on any atom is -0.272 e. The fraction of sp³-hybridized carbons (Fsp3) is 0. The molecule has 1 aromatic heterocycles. The summed E-state index contributed by atoms with van der Waals surface area (Å²) in [5.41, 5.74) is 4.80. The number of hydrogen-bond donors (Lipinski definition) is 2. The van der Waals surface area contributed by atoms with Crippen molar-refractivity contribution < 1.29 is 9.18 Å². The minimum atomic E-state index is -0.415. The lowest BCUT2D eigenvalue weighted by Gasteiger charge is -1.97. The van der Waals surface area contributed by atoms with E-state index >= 15 is 0 Å². The van der Waals surface area contributed by atoms with Gasteiger partial charge in [0, 0.05) is 10.0 Å². The van der Waals surface area contributed by atoms with E-state index in [9.17, 15) is 9.18 Å². The zero-order valence-corrected chi connectivity index (χ0v) is 13.9. The zero-order chi connectivity index (χ0) is 16.9. The third-order valence-electron chi connectivity index (χ3n) is 3.19. The average molecular weight is 387 g/mol. The highest BCUT2D eigenvalue weighted by Gasteiger charge is 2.10. The topological polar surface area (TPSA) is 70.1 Å². The predicted octanol–water partition coefficient (Wildman–Crippen LogP) is 3.74. The SMILES string of the molecule is O=C(N/N=C\c1cccc(Br)c1)c1cc(-c2ccc(F)cc2)n[nH]1. The van der Waals surface area contributed by atoms with Crippen LogP contribution in [0.4, 0.5) is 4.39 Å². The number of aromatic amines is 1. The van der Waals surface area contributed by atoms with Crippen LogP contribution in [0.2, 0.25) is 0 Å². The number of halogens is 2. The molecule has 120 valence electrons. The number of nitrogens with one attached hydrogen (secondary N) is 2. The van der Waals surface area contributed by atoms with Crippen molar-refractivity contribution in [1.29, 1.82) is 0 Å². The molecule has 0 saturated carbocycles. The first-order chi connectivity index (χ1) is 11.6. The molecule has 0 bridgehead atoms. The molecule has 0 spiro atoms. The Labute approximate surface area is 145 Å². The van der Waals surface area contributed by atoms with Crippen LogP contribution in [-0.4, -0.2) is 22.3 Å². The summed E-state index contributed by atoms with van der Waals surface area (Å²) in [6.07, 6.45) is 1.54. The molecule has 5 nitrogen and oxygen atoms in total. The summed E-state index contributed by atoms with van der Waals surface area (Å²) in [5, 5.41) is 10.6. The van der Waals surface area contributed by atoms with Gasteiger partial charge in [0.2, 0.25) is 0 Å². The van der Waals surface area contributed by atoms with Crippen LogP contribution in [0.15, 0.2) is 64.2 Å². The molecule has 2 N–H and O–H groups in total. The molecule has 0 atom stereocenters. The predicted molar refractivity (Wildman–Crippen MR) is 93.2 cm³/mol. The molecule has 7 heteroatoms. The van der Waals surface area contributed by atoms with Crippen molar-refractivity contribution in [3.05, 3.63) is 76.1 Å². The van der Waals surface area contributed by atoms with Crippen molar-refractivity contribution in [2.24, 2.45) is 5.10 Å². The first-order valence-corrected chi connectivity index (χ1v) is 7.81. The summed E-state index contributed by atoms with van der Waals surface area (Å²) >= 11 is 3.36. The Morgan fingerprint density at radius 2 is 2.00 bits per heavy atom. The fourth-order valence-corrected chi connectivity index (χ4v) is 2.44. The second-order valence-electron chi connectivity index (χ2n) is 4.93. The smallest absolute Gasteiger partial charge is 0.272 e. The molecule has 0 saturated heterocycles. The van der Waals surface area contributed by atoms with E-state index in [0.29, 0.717) is 11.3 Å². The quantitative estimate of drug-likeness (QED) is 0.529. The molecule has 1 heterocycles. The second-order valence-corrected chi connectivity index (χ2v) is 5.84. The van der Waals surface area contributed by atoms with Gasteiger partial charge in [0.1, 0.15) is 11.5 Å².